The minimum absolute atomic E-state index is 0.616. The van der Waals surface area contributed by atoms with E-state index in [4.69, 9.17) is 0 Å². The molecule has 4 rings (SSSR count). The summed E-state index contributed by atoms with van der Waals surface area (Å²) < 4.78 is 0. The summed E-state index contributed by atoms with van der Waals surface area (Å²) in [5.41, 5.74) is 1.99. The van der Waals surface area contributed by atoms with Crippen molar-refractivity contribution in [2.75, 3.05) is 5.32 Å². The van der Waals surface area contributed by atoms with Gasteiger partial charge in [0.1, 0.15) is 17.0 Å². The first-order chi connectivity index (χ1) is 11.2. The molecule has 0 saturated carbocycles. The molecule has 1 atom stereocenters. The van der Waals surface area contributed by atoms with Gasteiger partial charge in [-0.05, 0) is 30.4 Å². The lowest BCUT2D eigenvalue weighted by molar-refractivity contribution is -0.138. The molecule has 0 spiro atoms. The fraction of sp³-hybridized carbons (Fsp3) is 0.235. The van der Waals surface area contributed by atoms with E-state index in [2.05, 4.69) is 15.3 Å². The van der Waals surface area contributed by atoms with E-state index in [-0.39, 0.29) is 0 Å². The standard InChI is InChI=1S/C17H15N3O2S/c21-17(22)14(10-5-2-1-3-6-10)20-15-13-11-7-4-8-12(11)23-16(13)19-9-18-15/h1-3,5-6,9,14H,4,7-8H2,(H,21,22)(H,18,19,20)/t14-/m0/s1. The third-order valence-corrected chi connectivity index (χ3v) is 5.36. The van der Waals surface area contributed by atoms with Crippen LogP contribution < -0.4 is 5.32 Å². The van der Waals surface area contributed by atoms with Crippen LogP contribution in [0, 0.1) is 0 Å². The molecule has 2 aromatic heterocycles. The van der Waals surface area contributed by atoms with Gasteiger partial charge >= 0.3 is 5.97 Å². The zero-order valence-corrected chi connectivity index (χ0v) is 13.1. The predicted molar refractivity (Wildman–Crippen MR) is 89.9 cm³/mol. The van der Waals surface area contributed by atoms with Crippen LogP contribution >= 0.6 is 11.3 Å². The number of carbonyl (C=O) groups is 1. The molecule has 2 N–H and O–H groups in total. The summed E-state index contributed by atoms with van der Waals surface area (Å²) >= 11 is 1.69. The van der Waals surface area contributed by atoms with Crippen molar-refractivity contribution in [2.24, 2.45) is 0 Å². The molecule has 0 saturated heterocycles. The van der Waals surface area contributed by atoms with Gasteiger partial charge in [-0.15, -0.1) is 11.3 Å². The SMILES string of the molecule is O=C(O)[C@@H](Nc1ncnc2sc3c(c12)CCC3)c1ccccc1. The van der Waals surface area contributed by atoms with Crippen LogP contribution in [0.3, 0.4) is 0 Å². The smallest absolute Gasteiger partial charge is 0.330 e. The van der Waals surface area contributed by atoms with E-state index in [1.807, 2.05) is 30.3 Å². The van der Waals surface area contributed by atoms with Gasteiger partial charge in [0.05, 0.1) is 5.39 Å². The fourth-order valence-electron chi connectivity index (χ4n) is 3.11. The Bertz CT molecular complexity index is 876. The average Bonchev–Trinajstić information content (AvgIpc) is 3.14. The van der Waals surface area contributed by atoms with Crippen LogP contribution in [0.1, 0.15) is 28.5 Å². The number of nitrogens with one attached hydrogen (secondary N) is 1. The van der Waals surface area contributed by atoms with Crippen molar-refractivity contribution in [3.8, 4) is 0 Å². The van der Waals surface area contributed by atoms with Gasteiger partial charge in [-0.2, -0.15) is 0 Å². The number of aryl methyl sites for hydroxylation is 2. The first kappa shape index (κ1) is 14.1. The van der Waals surface area contributed by atoms with Crippen LogP contribution in [0.15, 0.2) is 36.7 Å². The molecule has 1 aliphatic rings. The maximum Gasteiger partial charge on any atom is 0.330 e. The van der Waals surface area contributed by atoms with Gasteiger partial charge in [-0.25, -0.2) is 14.8 Å². The minimum atomic E-state index is -0.921. The van der Waals surface area contributed by atoms with Gasteiger partial charge in [0.15, 0.2) is 6.04 Å². The quantitative estimate of drug-likeness (QED) is 0.769. The summed E-state index contributed by atoms with van der Waals surface area (Å²) in [6.45, 7) is 0. The Kier molecular flexibility index (Phi) is 3.46. The molecule has 116 valence electrons. The molecule has 2 heterocycles. The van der Waals surface area contributed by atoms with Gasteiger partial charge in [0, 0.05) is 4.88 Å². The number of benzene rings is 1. The zero-order chi connectivity index (χ0) is 15.8. The number of aliphatic carboxylic acids is 1. The molecule has 0 unspecified atom stereocenters. The highest BCUT2D eigenvalue weighted by Gasteiger charge is 2.25. The van der Waals surface area contributed by atoms with Crippen molar-refractivity contribution in [3.05, 3.63) is 52.7 Å². The van der Waals surface area contributed by atoms with Crippen LogP contribution in [0.4, 0.5) is 5.82 Å². The van der Waals surface area contributed by atoms with Crippen molar-refractivity contribution in [2.45, 2.75) is 25.3 Å². The van der Waals surface area contributed by atoms with Crippen LogP contribution in [0.5, 0.6) is 0 Å². The molecule has 0 amide bonds. The number of thiophene rings is 1. The third kappa shape index (κ3) is 2.45. The molecule has 0 bridgehead atoms. The van der Waals surface area contributed by atoms with Gasteiger partial charge < -0.3 is 10.4 Å². The minimum Gasteiger partial charge on any atom is -0.479 e. The molecular formula is C17H15N3O2S. The fourth-order valence-corrected chi connectivity index (χ4v) is 4.34. The maximum absolute atomic E-state index is 11.7. The summed E-state index contributed by atoms with van der Waals surface area (Å²) in [6.07, 6.45) is 4.74. The lowest BCUT2D eigenvalue weighted by Crippen LogP contribution is -2.21. The first-order valence-corrected chi connectivity index (χ1v) is 8.35. The molecule has 23 heavy (non-hydrogen) atoms. The topological polar surface area (TPSA) is 75.1 Å². The highest BCUT2D eigenvalue weighted by Crippen LogP contribution is 2.39. The second-order valence-corrected chi connectivity index (χ2v) is 6.67. The average molecular weight is 325 g/mol. The largest absolute Gasteiger partial charge is 0.479 e. The number of nitrogens with zero attached hydrogens (tertiary/aromatic N) is 2. The molecule has 3 aromatic rings. The molecule has 1 aromatic carbocycles. The Balaban J connectivity index is 1.78. The number of rotatable bonds is 4. The normalized spacial score (nSPS) is 14.6. The molecule has 5 nitrogen and oxygen atoms in total. The Morgan fingerprint density at radius 3 is 2.83 bits per heavy atom. The lowest BCUT2D eigenvalue weighted by atomic mass is 10.1. The van der Waals surface area contributed by atoms with Crippen molar-refractivity contribution < 1.29 is 9.90 Å². The molecular weight excluding hydrogens is 310 g/mol. The molecule has 6 heteroatoms. The van der Waals surface area contributed by atoms with Gasteiger partial charge in [-0.1, -0.05) is 30.3 Å². The Morgan fingerprint density at radius 2 is 2.04 bits per heavy atom. The second kappa shape index (κ2) is 5.62. The van der Waals surface area contributed by atoms with Gasteiger partial charge in [0.25, 0.3) is 0 Å². The summed E-state index contributed by atoms with van der Waals surface area (Å²) in [6, 6.07) is 8.34. The van der Waals surface area contributed by atoms with E-state index in [9.17, 15) is 9.90 Å². The third-order valence-electron chi connectivity index (χ3n) is 4.16. The van der Waals surface area contributed by atoms with Crippen LogP contribution in [0.25, 0.3) is 10.2 Å². The van der Waals surface area contributed by atoms with Gasteiger partial charge in [0.2, 0.25) is 0 Å². The highest BCUT2D eigenvalue weighted by molar-refractivity contribution is 7.19. The van der Waals surface area contributed by atoms with Gasteiger partial charge in [-0.3, -0.25) is 0 Å². The molecule has 1 aliphatic carbocycles. The zero-order valence-electron chi connectivity index (χ0n) is 12.3. The second-order valence-electron chi connectivity index (χ2n) is 5.59. The number of aromatic nitrogens is 2. The molecule has 0 aliphatic heterocycles. The number of carboxylic acids is 1. The molecule has 0 fully saturated rings. The summed E-state index contributed by atoms with van der Waals surface area (Å²) in [4.78, 5) is 22.7. The van der Waals surface area contributed by atoms with Crippen LogP contribution in [-0.4, -0.2) is 21.0 Å². The Labute approximate surface area is 137 Å². The van der Waals surface area contributed by atoms with Crippen LogP contribution in [0.2, 0.25) is 0 Å². The van der Waals surface area contributed by atoms with E-state index < -0.39 is 12.0 Å². The number of hydrogen-bond donors (Lipinski definition) is 2. The number of fused-ring (bicyclic) bond motifs is 3. The van der Waals surface area contributed by atoms with Crippen molar-refractivity contribution in [1.29, 1.82) is 0 Å². The maximum atomic E-state index is 11.7. The summed E-state index contributed by atoms with van der Waals surface area (Å²) in [7, 11) is 0. The van der Waals surface area contributed by atoms with Crippen LogP contribution in [-0.2, 0) is 17.6 Å². The summed E-state index contributed by atoms with van der Waals surface area (Å²) in [5.74, 6) is -0.305. The highest BCUT2D eigenvalue weighted by atomic mass is 32.1. The van der Waals surface area contributed by atoms with E-state index in [0.717, 1.165) is 29.5 Å². The van der Waals surface area contributed by atoms with Crippen molar-refractivity contribution in [3.63, 3.8) is 0 Å². The van der Waals surface area contributed by atoms with Crippen molar-refractivity contribution in [1.82, 2.24) is 9.97 Å². The number of carboxylic acid groups (broad SMARTS) is 1. The Hall–Kier alpha value is -2.47. The van der Waals surface area contributed by atoms with E-state index in [0.29, 0.717) is 11.4 Å². The van der Waals surface area contributed by atoms with E-state index in [1.54, 1.807) is 11.3 Å². The Morgan fingerprint density at radius 1 is 1.22 bits per heavy atom. The number of anilines is 1. The lowest BCUT2D eigenvalue weighted by Gasteiger charge is -2.16. The predicted octanol–water partition coefficient (Wildman–Crippen LogP) is 3.42. The monoisotopic (exact) mass is 325 g/mol. The summed E-state index contributed by atoms with van der Waals surface area (Å²) in [5, 5.41) is 13.7. The van der Waals surface area contributed by atoms with E-state index >= 15 is 0 Å². The molecule has 0 radical (unpaired) electrons. The first-order valence-electron chi connectivity index (χ1n) is 7.53. The van der Waals surface area contributed by atoms with Crippen molar-refractivity contribution >= 4 is 33.3 Å². The number of hydrogen-bond acceptors (Lipinski definition) is 5. The van der Waals surface area contributed by atoms with E-state index in [1.165, 1.54) is 16.8 Å².